The SMILES string of the molecule is COc1ccc(NC(=O)C(C)(C)Cc2ccc(Cl)cc2)cc1Cl. The van der Waals surface area contributed by atoms with Gasteiger partial charge >= 0.3 is 0 Å². The first-order chi connectivity index (χ1) is 10.8. The normalized spacial score (nSPS) is 11.2. The number of rotatable bonds is 5. The van der Waals surface area contributed by atoms with Crippen LogP contribution >= 0.6 is 23.2 Å². The molecule has 0 aliphatic heterocycles. The zero-order valence-corrected chi connectivity index (χ0v) is 14.8. The van der Waals surface area contributed by atoms with Crippen LogP contribution in [0, 0.1) is 5.41 Å². The van der Waals surface area contributed by atoms with E-state index in [2.05, 4.69) is 5.32 Å². The van der Waals surface area contributed by atoms with Gasteiger partial charge in [-0.25, -0.2) is 0 Å². The first-order valence-corrected chi connectivity index (χ1v) is 7.97. The topological polar surface area (TPSA) is 38.3 Å². The van der Waals surface area contributed by atoms with E-state index in [0.717, 1.165) is 5.56 Å². The molecule has 122 valence electrons. The Morgan fingerprint density at radius 2 is 1.78 bits per heavy atom. The molecule has 0 radical (unpaired) electrons. The molecule has 2 rings (SSSR count). The summed E-state index contributed by atoms with van der Waals surface area (Å²) in [4.78, 5) is 12.6. The predicted octanol–water partition coefficient (Wildman–Crippen LogP) is 5.21. The van der Waals surface area contributed by atoms with E-state index in [0.29, 0.717) is 27.9 Å². The Labute approximate surface area is 146 Å². The minimum atomic E-state index is -0.569. The number of amides is 1. The maximum Gasteiger partial charge on any atom is 0.230 e. The van der Waals surface area contributed by atoms with Gasteiger partial charge in [-0.15, -0.1) is 0 Å². The van der Waals surface area contributed by atoms with E-state index in [1.54, 1.807) is 25.3 Å². The third-order valence-electron chi connectivity index (χ3n) is 3.58. The van der Waals surface area contributed by atoms with Crippen LogP contribution in [-0.4, -0.2) is 13.0 Å². The van der Waals surface area contributed by atoms with Crippen molar-refractivity contribution in [1.29, 1.82) is 0 Å². The molecule has 2 aromatic carbocycles. The Bertz CT molecular complexity index is 697. The summed E-state index contributed by atoms with van der Waals surface area (Å²) in [6.45, 7) is 3.81. The second-order valence-electron chi connectivity index (χ2n) is 5.99. The number of carbonyl (C=O) groups excluding carboxylic acids is 1. The largest absolute Gasteiger partial charge is 0.495 e. The summed E-state index contributed by atoms with van der Waals surface area (Å²) in [5, 5.41) is 4.04. The van der Waals surface area contributed by atoms with Crippen molar-refractivity contribution in [3.63, 3.8) is 0 Å². The Balaban J connectivity index is 2.08. The number of halogens is 2. The minimum Gasteiger partial charge on any atom is -0.495 e. The van der Waals surface area contributed by atoms with Crippen LogP contribution in [0.15, 0.2) is 42.5 Å². The zero-order valence-electron chi connectivity index (χ0n) is 13.3. The second-order valence-corrected chi connectivity index (χ2v) is 6.83. The number of hydrogen-bond acceptors (Lipinski definition) is 2. The summed E-state index contributed by atoms with van der Waals surface area (Å²) >= 11 is 12.0. The van der Waals surface area contributed by atoms with Crippen molar-refractivity contribution in [2.75, 3.05) is 12.4 Å². The molecule has 0 bridgehead atoms. The number of hydrogen-bond donors (Lipinski definition) is 1. The van der Waals surface area contributed by atoms with E-state index in [9.17, 15) is 4.79 Å². The second kappa shape index (κ2) is 7.24. The van der Waals surface area contributed by atoms with E-state index < -0.39 is 5.41 Å². The van der Waals surface area contributed by atoms with E-state index >= 15 is 0 Å². The van der Waals surface area contributed by atoms with Gasteiger partial charge in [-0.1, -0.05) is 49.2 Å². The summed E-state index contributed by atoms with van der Waals surface area (Å²) in [6.07, 6.45) is 0.611. The number of nitrogens with one attached hydrogen (secondary N) is 1. The van der Waals surface area contributed by atoms with Gasteiger partial charge in [0.05, 0.1) is 12.1 Å². The Hall–Kier alpha value is -1.71. The fraction of sp³-hybridized carbons (Fsp3) is 0.278. The number of anilines is 1. The minimum absolute atomic E-state index is 0.0753. The maximum atomic E-state index is 12.6. The van der Waals surface area contributed by atoms with E-state index in [1.807, 2.05) is 38.1 Å². The molecule has 0 fully saturated rings. The van der Waals surface area contributed by atoms with Crippen LogP contribution in [0.5, 0.6) is 5.75 Å². The number of benzene rings is 2. The molecular formula is C18H19Cl2NO2. The van der Waals surface area contributed by atoms with Crippen LogP contribution in [0.3, 0.4) is 0 Å². The van der Waals surface area contributed by atoms with Crippen LogP contribution < -0.4 is 10.1 Å². The molecule has 0 saturated heterocycles. The van der Waals surface area contributed by atoms with Crippen LogP contribution in [0.4, 0.5) is 5.69 Å². The summed E-state index contributed by atoms with van der Waals surface area (Å²) in [7, 11) is 1.55. The van der Waals surface area contributed by atoms with Gasteiger partial charge in [0, 0.05) is 16.1 Å². The monoisotopic (exact) mass is 351 g/mol. The van der Waals surface area contributed by atoms with E-state index in [4.69, 9.17) is 27.9 Å². The van der Waals surface area contributed by atoms with E-state index in [1.165, 1.54) is 0 Å². The predicted molar refractivity (Wildman–Crippen MR) is 95.6 cm³/mol. The molecule has 0 aliphatic carbocycles. The average molecular weight is 352 g/mol. The van der Waals surface area contributed by atoms with Gasteiger partial charge < -0.3 is 10.1 Å². The summed E-state index contributed by atoms with van der Waals surface area (Å²) < 4.78 is 5.11. The van der Waals surface area contributed by atoms with Crippen LogP contribution in [0.25, 0.3) is 0 Å². The smallest absolute Gasteiger partial charge is 0.230 e. The number of carbonyl (C=O) groups is 1. The lowest BCUT2D eigenvalue weighted by Crippen LogP contribution is -2.32. The first kappa shape index (κ1) is 17.6. The molecule has 0 atom stereocenters. The van der Waals surface area contributed by atoms with Crippen molar-refractivity contribution < 1.29 is 9.53 Å². The molecular weight excluding hydrogens is 333 g/mol. The average Bonchev–Trinajstić information content (AvgIpc) is 2.49. The third kappa shape index (κ3) is 4.63. The van der Waals surface area contributed by atoms with Crippen molar-refractivity contribution in [2.45, 2.75) is 20.3 Å². The number of methoxy groups -OCH3 is 1. The molecule has 2 aromatic rings. The molecule has 0 spiro atoms. The van der Waals surface area contributed by atoms with Crippen LogP contribution in [0.1, 0.15) is 19.4 Å². The van der Waals surface area contributed by atoms with Gasteiger partial charge in [0.2, 0.25) is 5.91 Å². The molecule has 0 aromatic heterocycles. The van der Waals surface area contributed by atoms with Crippen molar-refractivity contribution in [1.82, 2.24) is 0 Å². The fourth-order valence-electron chi connectivity index (χ4n) is 2.24. The fourth-order valence-corrected chi connectivity index (χ4v) is 2.62. The van der Waals surface area contributed by atoms with Gasteiger partial charge in [0.15, 0.2) is 0 Å². The van der Waals surface area contributed by atoms with Gasteiger partial charge in [-0.05, 0) is 42.3 Å². The summed E-state index contributed by atoms with van der Waals surface area (Å²) in [5.41, 5.74) is 1.13. The summed E-state index contributed by atoms with van der Waals surface area (Å²) in [6, 6.07) is 12.7. The molecule has 0 heterocycles. The van der Waals surface area contributed by atoms with Gasteiger partial charge in [-0.3, -0.25) is 4.79 Å². The first-order valence-electron chi connectivity index (χ1n) is 7.21. The summed E-state index contributed by atoms with van der Waals surface area (Å²) in [5.74, 6) is 0.499. The molecule has 0 aliphatic rings. The van der Waals surface area contributed by atoms with Crippen molar-refractivity contribution in [3.8, 4) is 5.75 Å². The highest BCUT2D eigenvalue weighted by Gasteiger charge is 2.28. The number of ether oxygens (including phenoxy) is 1. The van der Waals surface area contributed by atoms with Gasteiger partial charge in [0.25, 0.3) is 0 Å². The Kier molecular flexibility index (Phi) is 5.55. The zero-order chi connectivity index (χ0) is 17.0. The van der Waals surface area contributed by atoms with Gasteiger partial charge in [-0.2, -0.15) is 0 Å². The van der Waals surface area contributed by atoms with Gasteiger partial charge in [0.1, 0.15) is 5.75 Å². The lowest BCUT2D eigenvalue weighted by atomic mass is 9.84. The highest BCUT2D eigenvalue weighted by molar-refractivity contribution is 6.32. The maximum absolute atomic E-state index is 12.6. The van der Waals surface area contributed by atoms with Crippen LogP contribution in [0.2, 0.25) is 10.0 Å². The van der Waals surface area contributed by atoms with Crippen LogP contribution in [-0.2, 0) is 11.2 Å². The lowest BCUT2D eigenvalue weighted by Gasteiger charge is -2.24. The quantitative estimate of drug-likeness (QED) is 0.802. The molecule has 0 unspecified atom stereocenters. The standard InChI is InChI=1S/C18H19Cl2NO2/c1-18(2,11-12-4-6-13(19)7-5-12)17(22)21-14-8-9-16(23-3)15(20)10-14/h4-10H,11H2,1-3H3,(H,21,22). The highest BCUT2D eigenvalue weighted by Crippen LogP contribution is 2.29. The Morgan fingerprint density at radius 1 is 1.13 bits per heavy atom. The van der Waals surface area contributed by atoms with Crippen molar-refractivity contribution in [3.05, 3.63) is 58.1 Å². The lowest BCUT2D eigenvalue weighted by molar-refractivity contribution is -0.123. The Morgan fingerprint density at radius 3 is 2.35 bits per heavy atom. The molecule has 1 N–H and O–H groups in total. The van der Waals surface area contributed by atoms with Crippen molar-refractivity contribution in [2.24, 2.45) is 5.41 Å². The molecule has 5 heteroatoms. The third-order valence-corrected chi connectivity index (χ3v) is 4.13. The molecule has 0 saturated carbocycles. The van der Waals surface area contributed by atoms with E-state index in [-0.39, 0.29) is 5.91 Å². The molecule has 23 heavy (non-hydrogen) atoms. The van der Waals surface area contributed by atoms with Crippen molar-refractivity contribution >= 4 is 34.8 Å². The molecule has 1 amide bonds. The molecule has 3 nitrogen and oxygen atoms in total. The highest BCUT2D eigenvalue weighted by atomic mass is 35.5.